The van der Waals surface area contributed by atoms with Crippen molar-refractivity contribution in [2.24, 2.45) is 0 Å². The second-order valence-electron chi connectivity index (χ2n) is 5.82. The van der Waals surface area contributed by atoms with E-state index in [0.717, 1.165) is 0 Å². The van der Waals surface area contributed by atoms with Crippen molar-refractivity contribution in [2.75, 3.05) is 0 Å². The lowest BCUT2D eigenvalue weighted by atomic mass is 10.1. The first-order valence-corrected chi connectivity index (χ1v) is 7.73. The molecule has 0 fully saturated rings. The van der Waals surface area contributed by atoms with Gasteiger partial charge in [-0.05, 0) is 20.8 Å². The highest BCUT2D eigenvalue weighted by Crippen LogP contribution is 2.22. The Kier molecular flexibility index (Phi) is 4.08. The summed E-state index contributed by atoms with van der Waals surface area (Å²) in [4.78, 5) is 1.33. The zero-order chi connectivity index (χ0) is 15.5. The predicted octanol–water partition coefficient (Wildman–Crippen LogP) is 4.79. The summed E-state index contributed by atoms with van der Waals surface area (Å²) in [6, 6.07) is 25.9. The molecule has 0 atom stereocenters. The van der Waals surface area contributed by atoms with Crippen molar-refractivity contribution >= 4 is 17.1 Å². The average molecular weight is 288 g/mol. The van der Waals surface area contributed by atoms with E-state index in [9.17, 15) is 0 Å². The Balaban J connectivity index is 2.27. The predicted molar refractivity (Wildman–Crippen MR) is 93.5 cm³/mol. The van der Waals surface area contributed by atoms with E-state index in [4.69, 9.17) is 0 Å². The normalized spacial score (nSPS) is 10.9. The van der Waals surface area contributed by atoms with Crippen molar-refractivity contribution in [2.45, 2.75) is 20.8 Å². The number of aryl methyl sites for hydroxylation is 3. The van der Waals surface area contributed by atoms with Gasteiger partial charge in [-0.3, -0.25) is 0 Å². The molecule has 22 heavy (non-hydrogen) atoms. The molecule has 0 aliphatic heterocycles. The zero-order valence-corrected chi connectivity index (χ0v) is 13.4. The molecule has 1 nitrogen and oxygen atoms in total. The Hall–Kier alpha value is -2.38. The fourth-order valence-electron chi connectivity index (χ4n) is 3.00. The zero-order valence-electron chi connectivity index (χ0n) is 13.4. The van der Waals surface area contributed by atoms with Crippen molar-refractivity contribution in [1.82, 2.24) is 0 Å². The quantitative estimate of drug-likeness (QED) is 0.706. The highest BCUT2D eigenvalue weighted by molar-refractivity contribution is 5.53. The Labute approximate surface area is 132 Å². The number of quaternary nitrogens is 1. The molecule has 0 unspecified atom stereocenters. The lowest BCUT2D eigenvalue weighted by molar-refractivity contribution is -0.682. The number of para-hydroxylation sites is 3. The molecule has 1 N–H and O–H groups in total. The number of hydrogen-bond donors (Lipinski definition) is 1. The third kappa shape index (κ3) is 2.68. The van der Waals surface area contributed by atoms with Crippen molar-refractivity contribution in [1.29, 1.82) is 0 Å². The van der Waals surface area contributed by atoms with Crippen molar-refractivity contribution in [3.8, 4) is 0 Å². The van der Waals surface area contributed by atoms with E-state index < -0.39 is 0 Å². The summed E-state index contributed by atoms with van der Waals surface area (Å²) in [5, 5.41) is 0. The number of benzene rings is 3. The van der Waals surface area contributed by atoms with Crippen LogP contribution in [0, 0.1) is 20.8 Å². The van der Waals surface area contributed by atoms with Crippen LogP contribution in [0.15, 0.2) is 72.8 Å². The Morgan fingerprint density at radius 3 is 1.00 bits per heavy atom. The molecule has 0 aliphatic carbocycles. The topological polar surface area (TPSA) is 4.44 Å². The third-order valence-corrected chi connectivity index (χ3v) is 4.24. The Morgan fingerprint density at radius 2 is 0.727 bits per heavy atom. The van der Waals surface area contributed by atoms with Crippen LogP contribution in [0.4, 0.5) is 17.1 Å². The van der Waals surface area contributed by atoms with E-state index in [0.29, 0.717) is 0 Å². The number of hydrogen-bond acceptors (Lipinski definition) is 0. The van der Waals surface area contributed by atoms with Crippen LogP contribution in [0.2, 0.25) is 0 Å². The molecule has 0 aliphatic rings. The fraction of sp³-hybridized carbons (Fsp3) is 0.143. The molecule has 0 aromatic heterocycles. The first-order valence-electron chi connectivity index (χ1n) is 7.73. The van der Waals surface area contributed by atoms with Gasteiger partial charge in [0, 0.05) is 34.9 Å². The SMILES string of the molecule is Cc1ccccc1[NH+](c1ccccc1C)c1ccccc1C. The van der Waals surface area contributed by atoms with Crippen LogP contribution >= 0.6 is 0 Å². The standard InChI is InChI=1S/C21H21N/c1-16-10-4-7-13-19(16)22(20-14-8-5-11-17(20)2)21-15-9-6-12-18(21)3/h4-15H,1-3H3/p+1. The Bertz CT molecular complexity index is 681. The molecule has 3 aromatic carbocycles. The van der Waals surface area contributed by atoms with Gasteiger partial charge < -0.3 is 0 Å². The van der Waals surface area contributed by atoms with Crippen molar-refractivity contribution in [3.05, 3.63) is 89.5 Å². The number of nitrogens with one attached hydrogen (secondary N) is 1. The summed E-state index contributed by atoms with van der Waals surface area (Å²) in [6.07, 6.45) is 0. The minimum absolute atomic E-state index is 1.31. The molecule has 0 saturated carbocycles. The molecule has 3 aromatic rings. The van der Waals surface area contributed by atoms with Gasteiger partial charge >= 0.3 is 0 Å². The maximum absolute atomic E-state index is 2.23. The van der Waals surface area contributed by atoms with Crippen molar-refractivity contribution < 1.29 is 4.90 Å². The van der Waals surface area contributed by atoms with Gasteiger partial charge in [0.2, 0.25) is 0 Å². The van der Waals surface area contributed by atoms with Gasteiger partial charge in [0.25, 0.3) is 0 Å². The smallest absolute Gasteiger partial charge is 0.144 e. The van der Waals surface area contributed by atoms with Gasteiger partial charge in [-0.2, -0.15) is 0 Å². The lowest BCUT2D eigenvalue weighted by Gasteiger charge is -2.23. The van der Waals surface area contributed by atoms with Gasteiger partial charge in [0.15, 0.2) is 0 Å². The molecule has 3 rings (SSSR count). The summed E-state index contributed by atoms with van der Waals surface area (Å²) in [5.74, 6) is 0. The maximum atomic E-state index is 2.23. The molecule has 0 saturated heterocycles. The fourth-order valence-corrected chi connectivity index (χ4v) is 3.00. The van der Waals surface area contributed by atoms with E-state index in [2.05, 4.69) is 93.6 Å². The molecule has 1 heteroatoms. The lowest BCUT2D eigenvalue weighted by Crippen LogP contribution is -2.97. The van der Waals surface area contributed by atoms with Gasteiger partial charge in [0.1, 0.15) is 17.1 Å². The van der Waals surface area contributed by atoms with Crippen LogP contribution in [0.5, 0.6) is 0 Å². The largest absolute Gasteiger partial charge is 0.237 e. The minimum atomic E-state index is 1.31. The molecule has 0 bridgehead atoms. The van der Waals surface area contributed by atoms with E-state index >= 15 is 0 Å². The summed E-state index contributed by atoms with van der Waals surface area (Å²) >= 11 is 0. The van der Waals surface area contributed by atoms with Crippen LogP contribution < -0.4 is 4.90 Å². The van der Waals surface area contributed by atoms with Gasteiger partial charge in [0.05, 0.1) is 0 Å². The number of rotatable bonds is 3. The average Bonchev–Trinajstić information content (AvgIpc) is 2.53. The molecule has 0 spiro atoms. The monoisotopic (exact) mass is 288 g/mol. The highest BCUT2D eigenvalue weighted by Gasteiger charge is 2.23. The molecular weight excluding hydrogens is 266 g/mol. The van der Waals surface area contributed by atoms with Crippen LogP contribution in [-0.2, 0) is 0 Å². The van der Waals surface area contributed by atoms with E-state index in [1.54, 1.807) is 0 Å². The third-order valence-electron chi connectivity index (χ3n) is 4.24. The van der Waals surface area contributed by atoms with Gasteiger partial charge in [-0.15, -0.1) is 0 Å². The minimum Gasteiger partial charge on any atom is -0.237 e. The summed E-state index contributed by atoms with van der Waals surface area (Å²) < 4.78 is 0. The molecule has 0 radical (unpaired) electrons. The Morgan fingerprint density at radius 1 is 0.455 bits per heavy atom. The highest BCUT2D eigenvalue weighted by atomic mass is 15.1. The summed E-state index contributed by atoms with van der Waals surface area (Å²) in [7, 11) is 0. The van der Waals surface area contributed by atoms with Gasteiger partial charge in [-0.25, -0.2) is 4.90 Å². The van der Waals surface area contributed by atoms with E-state index in [-0.39, 0.29) is 0 Å². The van der Waals surface area contributed by atoms with Crippen molar-refractivity contribution in [3.63, 3.8) is 0 Å². The van der Waals surface area contributed by atoms with Crippen LogP contribution in [0.3, 0.4) is 0 Å². The van der Waals surface area contributed by atoms with E-state index in [1.165, 1.54) is 38.7 Å². The van der Waals surface area contributed by atoms with E-state index in [1.807, 2.05) is 0 Å². The van der Waals surface area contributed by atoms with Crippen LogP contribution in [-0.4, -0.2) is 0 Å². The van der Waals surface area contributed by atoms with Gasteiger partial charge in [-0.1, -0.05) is 54.6 Å². The molecule has 110 valence electrons. The first kappa shape index (κ1) is 14.6. The maximum Gasteiger partial charge on any atom is 0.144 e. The summed E-state index contributed by atoms with van der Waals surface area (Å²) in [6.45, 7) is 6.56. The summed E-state index contributed by atoms with van der Waals surface area (Å²) in [5.41, 5.74) is 7.86. The molecule has 0 amide bonds. The van der Waals surface area contributed by atoms with Crippen LogP contribution in [0.25, 0.3) is 0 Å². The first-order chi connectivity index (χ1) is 10.7. The molecule has 0 heterocycles. The second-order valence-corrected chi connectivity index (χ2v) is 5.82. The van der Waals surface area contributed by atoms with Crippen LogP contribution in [0.1, 0.15) is 16.7 Å². The second kappa shape index (κ2) is 6.17. The molecular formula is C21H22N+.